The maximum Gasteiger partial charge on any atom is 0.337 e. The maximum atomic E-state index is 11.5. The lowest BCUT2D eigenvalue weighted by molar-refractivity contribution is 0.0696. The fourth-order valence-corrected chi connectivity index (χ4v) is 3.96. The van der Waals surface area contributed by atoms with Gasteiger partial charge in [0.05, 0.1) is 11.3 Å². The smallest absolute Gasteiger partial charge is 0.337 e. The van der Waals surface area contributed by atoms with Crippen LogP contribution in [-0.2, 0) is 0 Å². The Morgan fingerprint density at radius 1 is 1.33 bits per heavy atom. The van der Waals surface area contributed by atoms with Crippen LogP contribution < -0.4 is 4.90 Å². The van der Waals surface area contributed by atoms with Crippen molar-refractivity contribution in [2.75, 3.05) is 24.5 Å². The molecule has 0 spiro atoms. The molecule has 4 nitrogen and oxygen atoms in total. The molecule has 5 heteroatoms. The predicted molar refractivity (Wildman–Crippen MR) is 87.1 cm³/mol. The Balaban J connectivity index is 1.92. The third kappa shape index (κ3) is 2.94. The van der Waals surface area contributed by atoms with Gasteiger partial charge in [-0.1, -0.05) is 22.4 Å². The summed E-state index contributed by atoms with van der Waals surface area (Å²) in [4.78, 5) is 16.4. The van der Waals surface area contributed by atoms with Gasteiger partial charge in [0.1, 0.15) is 0 Å². The van der Waals surface area contributed by atoms with E-state index < -0.39 is 5.97 Å². The summed E-state index contributed by atoms with van der Waals surface area (Å²) < 4.78 is 0.931. The van der Waals surface area contributed by atoms with Gasteiger partial charge in [0.25, 0.3) is 0 Å². The molecule has 2 aliphatic heterocycles. The number of halogens is 1. The topological polar surface area (TPSA) is 43.8 Å². The highest BCUT2D eigenvalue weighted by Crippen LogP contribution is 2.32. The molecule has 2 unspecified atom stereocenters. The number of benzene rings is 1. The van der Waals surface area contributed by atoms with Crippen molar-refractivity contribution in [2.24, 2.45) is 0 Å². The largest absolute Gasteiger partial charge is 0.478 e. The lowest BCUT2D eigenvalue weighted by Crippen LogP contribution is -2.59. The quantitative estimate of drug-likeness (QED) is 0.887. The standard InChI is InChI=1S/C16H21BrN2O2/c1-11-9-18-7-3-2-4-13(18)10-19(11)15-8-12(17)5-6-14(15)16(20)21/h5-6,8,11,13H,2-4,7,9-10H2,1H3,(H,20,21). The fourth-order valence-electron chi connectivity index (χ4n) is 3.61. The molecule has 2 aliphatic rings. The number of hydrogen-bond acceptors (Lipinski definition) is 3. The van der Waals surface area contributed by atoms with E-state index in [2.05, 4.69) is 32.7 Å². The number of anilines is 1. The monoisotopic (exact) mass is 352 g/mol. The first-order chi connectivity index (χ1) is 10.1. The second kappa shape index (κ2) is 5.97. The highest BCUT2D eigenvalue weighted by Gasteiger charge is 2.34. The molecule has 3 rings (SSSR count). The molecule has 2 atom stereocenters. The number of hydrogen-bond donors (Lipinski definition) is 1. The van der Waals surface area contributed by atoms with Crippen LogP contribution in [0, 0.1) is 0 Å². The van der Waals surface area contributed by atoms with Crippen molar-refractivity contribution in [3.05, 3.63) is 28.2 Å². The zero-order valence-corrected chi connectivity index (χ0v) is 13.8. The molecule has 2 saturated heterocycles. The van der Waals surface area contributed by atoms with Gasteiger partial charge in [-0.15, -0.1) is 0 Å². The summed E-state index contributed by atoms with van der Waals surface area (Å²) in [5.74, 6) is -0.851. The number of piperazine rings is 1. The number of carbonyl (C=O) groups is 1. The highest BCUT2D eigenvalue weighted by atomic mass is 79.9. The molecule has 21 heavy (non-hydrogen) atoms. The van der Waals surface area contributed by atoms with Crippen molar-refractivity contribution in [1.82, 2.24) is 4.90 Å². The number of carboxylic acid groups (broad SMARTS) is 1. The lowest BCUT2D eigenvalue weighted by Gasteiger charge is -2.48. The predicted octanol–water partition coefficient (Wildman–Crippen LogP) is 3.21. The summed E-state index contributed by atoms with van der Waals surface area (Å²) in [6, 6.07) is 6.34. The van der Waals surface area contributed by atoms with Gasteiger partial charge >= 0.3 is 5.97 Å². The minimum atomic E-state index is -0.851. The highest BCUT2D eigenvalue weighted by molar-refractivity contribution is 9.10. The first-order valence-corrected chi connectivity index (χ1v) is 8.39. The molecule has 0 aliphatic carbocycles. The number of aromatic carboxylic acids is 1. The van der Waals surface area contributed by atoms with Crippen molar-refractivity contribution >= 4 is 27.6 Å². The van der Waals surface area contributed by atoms with E-state index in [0.29, 0.717) is 17.6 Å². The summed E-state index contributed by atoms with van der Waals surface area (Å²) in [7, 11) is 0. The second-order valence-electron chi connectivity index (χ2n) is 6.11. The van der Waals surface area contributed by atoms with Gasteiger partial charge in [0, 0.05) is 29.6 Å². The van der Waals surface area contributed by atoms with Gasteiger partial charge < -0.3 is 10.0 Å². The first kappa shape index (κ1) is 14.9. The molecule has 1 N–H and O–H groups in total. The van der Waals surface area contributed by atoms with Gasteiger partial charge in [0.15, 0.2) is 0 Å². The maximum absolute atomic E-state index is 11.5. The molecule has 0 saturated carbocycles. The van der Waals surface area contributed by atoms with Crippen LogP contribution in [0.2, 0.25) is 0 Å². The van der Waals surface area contributed by atoms with Crippen LogP contribution in [0.1, 0.15) is 36.5 Å². The van der Waals surface area contributed by atoms with Gasteiger partial charge in [0.2, 0.25) is 0 Å². The van der Waals surface area contributed by atoms with Crippen LogP contribution in [0.25, 0.3) is 0 Å². The molecule has 1 aromatic carbocycles. The summed E-state index contributed by atoms with van der Waals surface area (Å²) in [5.41, 5.74) is 1.24. The Hall–Kier alpha value is -1.07. The third-order valence-electron chi connectivity index (χ3n) is 4.69. The van der Waals surface area contributed by atoms with E-state index in [-0.39, 0.29) is 0 Å². The van der Waals surface area contributed by atoms with Crippen molar-refractivity contribution in [3.63, 3.8) is 0 Å². The third-order valence-corrected chi connectivity index (χ3v) is 5.18. The van der Waals surface area contributed by atoms with Crippen LogP contribution in [0.15, 0.2) is 22.7 Å². The molecule has 1 aromatic rings. The van der Waals surface area contributed by atoms with E-state index in [1.54, 1.807) is 12.1 Å². The van der Waals surface area contributed by atoms with E-state index in [4.69, 9.17) is 0 Å². The average Bonchev–Trinajstić information content (AvgIpc) is 2.46. The molecule has 2 fully saturated rings. The molecular weight excluding hydrogens is 332 g/mol. The van der Waals surface area contributed by atoms with E-state index in [1.165, 1.54) is 25.8 Å². The number of nitrogens with zero attached hydrogens (tertiary/aromatic N) is 2. The molecule has 114 valence electrons. The van der Waals surface area contributed by atoms with E-state index in [1.807, 2.05) is 6.07 Å². The Kier molecular flexibility index (Phi) is 4.22. The molecule has 0 amide bonds. The minimum absolute atomic E-state index is 0.340. The van der Waals surface area contributed by atoms with Crippen molar-refractivity contribution in [2.45, 2.75) is 38.3 Å². The van der Waals surface area contributed by atoms with E-state index in [0.717, 1.165) is 23.2 Å². The summed E-state index contributed by atoms with van der Waals surface area (Å²) in [6.45, 7) is 5.33. The molecule has 0 bridgehead atoms. The number of carboxylic acids is 1. The fraction of sp³-hybridized carbons (Fsp3) is 0.562. The molecule has 0 aromatic heterocycles. The summed E-state index contributed by atoms with van der Waals surface area (Å²) >= 11 is 3.47. The first-order valence-electron chi connectivity index (χ1n) is 7.60. The van der Waals surface area contributed by atoms with E-state index >= 15 is 0 Å². The lowest BCUT2D eigenvalue weighted by atomic mass is 9.96. The molecule has 0 radical (unpaired) electrons. The van der Waals surface area contributed by atoms with Crippen LogP contribution in [0.5, 0.6) is 0 Å². The molecular formula is C16H21BrN2O2. The van der Waals surface area contributed by atoms with Gasteiger partial charge in [-0.2, -0.15) is 0 Å². The Bertz CT molecular complexity index is 549. The normalized spacial score (nSPS) is 26.5. The van der Waals surface area contributed by atoms with Gasteiger partial charge in [-0.3, -0.25) is 4.90 Å². The van der Waals surface area contributed by atoms with Crippen LogP contribution in [-0.4, -0.2) is 47.7 Å². The molecule has 2 heterocycles. The SMILES string of the molecule is CC1CN2CCCCC2CN1c1cc(Br)ccc1C(=O)O. The van der Waals surface area contributed by atoms with Gasteiger partial charge in [-0.25, -0.2) is 4.79 Å². The van der Waals surface area contributed by atoms with Crippen molar-refractivity contribution in [3.8, 4) is 0 Å². The van der Waals surface area contributed by atoms with Crippen LogP contribution in [0.4, 0.5) is 5.69 Å². The number of piperidine rings is 1. The van der Waals surface area contributed by atoms with Crippen LogP contribution in [0.3, 0.4) is 0 Å². The minimum Gasteiger partial charge on any atom is -0.478 e. The Morgan fingerprint density at radius 2 is 2.14 bits per heavy atom. The van der Waals surface area contributed by atoms with Crippen molar-refractivity contribution < 1.29 is 9.90 Å². The second-order valence-corrected chi connectivity index (χ2v) is 7.03. The summed E-state index contributed by atoms with van der Waals surface area (Å²) in [6.07, 6.45) is 3.80. The zero-order valence-electron chi connectivity index (χ0n) is 12.3. The van der Waals surface area contributed by atoms with Crippen molar-refractivity contribution in [1.29, 1.82) is 0 Å². The van der Waals surface area contributed by atoms with Gasteiger partial charge in [-0.05, 0) is 44.5 Å². The Labute approximate surface area is 133 Å². The number of rotatable bonds is 2. The summed E-state index contributed by atoms with van der Waals surface area (Å²) in [5, 5.41) is 9.45. The Morgan fingerprint density at radius 3 is 2.90 bits per heavy atom. The van der Waals surface area contributed by atoms with E-state index in [9.17, 15) is 9.90 Å². The zero-order chi connectivity index (χ0) is 15.0. The number of fused-ring (bicyclic) bond motifs is 1. The average molecular weight is 353 g/mol. The van der Waals surface area contributed by atoms with Crippen LogP contribution >= 0.6 is 15.9 Å².